The highest BCUT2D eigenvalue weighted by atomic mass is 16.5. The highest BCUT2D eigenvalue weighted by Gasteiger charge is 2.03. The molecule has 0 radical (unpaired) electrons. The van der Waals surface area contributed by atoms with E-state index in [1.807, 2.05) is 30.3 Å². The van der Waals surface area contributed by atoms with Crippen molar-refractivity contribution in [1.82, 2.24) is 10.6 Å². The molecule has 0 aliphatic heterocycles. The highest BCUT2D eigenvalue weighted by Crippen LogP contribution is 2.16. The van der Waals surface area contributed by atoms with Gasteiger partial charge < -0.3 is 20.1 Å². The maximum absolute atomic E-state index is 5.39. The van der Waals surface area contributed by atoms with Crippen molar-refractivity contribution in [2.45, 2.75) is 26.6 Å². The van der Waals surface area contributed by atoms with E-state index < -0.39 is 0 Å². The number of para-hydroxylation sites is 1. The standard InChI is InChI=1S/C20H27N3O2/c1-4-21-20(23-14-18-10-5-6-11-19(18)25-3)22-13-16-8-7-9-17(12-16)15-24-2/h5-12H,4,13-15H2,1-3H3,(H2,21,22,23). The minimum Gasteiger partial charge on any atom is -0.496 e. The second-order valence-electron chi connectivity index (χ2n) is 5.61. The monoisotopic (exact) mass is 341 g/mol. The molecule has 2 aromatic rings. The smallest absolute Gasteiger partial charge is 0.191 e. The lowest BCUT2D eigenvalue weighted by Gasteiger charge is -2.13. The minimum absolute atomic E-state index is 0.610. The molecule has 2 N–H and O–H groups in total. The Labute approximate surface area is 150 Å². The van der Waals surface area contributed by atoms with Gasteiger partial charge in [-0.2, -0.15) is 0 Å². The molecule has 2 rings (SSSR count). The van der Waals surface area contributed by atoms with Gasteiger partial charge in [0.15, 0.2) is 5.96 Å². The van der Waals surface area contributed by atoms with E-state index in [-0.39, 0.29) is 0 Å². The van der Waals surface area contributed by atoms with E-state index in [1.165, 1.54) is 0 Å². The van der Waals surface area contributed by atoms with Crippen LogP contribution in [0.25, 0.3) is 0 Å². The van der Waals surface area contributed by atoms with Gasteiger partial charge in [0.2, 0.25) is 0 Å². The highest BCUT2D eigenvalue weighted by molar-refractivity contribution is 5.79. The molecule has 5 heteroatoms. The molecule has 25 heavy (non-hydrogen) atoms. The van der Waals surface area contributed by atoms with Gasteiger partial charge in [-0.3, -0.25) is 0 Å². The number of nitrogens with one attached hydrogen (secondary N) is 2. The predicted octanol–water partition coefficient (Wildman–Crippen LogP) is 3.10. The normalized spacial score (nSPS) is 11.2. The van der Waals surface area contributed by atoms with Gasteiger partial charge in [-0.05, 0) is 24.1 Å². The number of hydrogen-bond donors (Lipinski definition) is 2. The fraction of sp³-hybridized carbons (Fsp3) is 0.350. The molecule has 134 valence electrons. The summed E-state index contributed by atoms with van der Waals surface area (Å²) in [6.45, 7) is 4.74. The molecule has 0 unspecified atom stereocenters. The van der Waals surface area contributed by atoms with Crippen molar-refractivity contribution in [1.29, 1.82) is 0 Å². The molecule has 0 spiro atoms. The second-order valence-corrected chi connectivity index (χ2v) is 5.61. The van der Waals surface area contributed by atoms with Crippen LogP contribution < -0.4 is 15.4 Å². The Balaban J connectivity index is 2.01. The predicted molar refractivity (Wildman–Crippen MR) is 102 cm³/mol. The molecule has 0 heterocycles. The van der Waals surface area contributed by atoms with E-state index in [1.54, 1.807) is 14.2 Å². The Hall–Kier alpha value is -2.53. The Morgan fingerprint density at radius 1 is 1.00 bits per heavy atom. The molecule has 0 saturated carbocycles. The summed E-state index contributed by atoms with van der Waals surface area (Å²) in [4.78, 5) is 4.67. The summed E-state index contributed by atoms with van der Waals surface area (Å²) in [6, 6.07) is 16.3. The summed E-state index contributed by atoms with van der Waals surface area (Å²) < 4.78 is 10.6. The average Bonchev–Trinajstić information content (AvgIpc) is 2.65. The van der Waals surface area contributed by atoms with Gasteiger partial charge >= 0.3 is 0 Å². The van der Waals surface area contributed by atoms with E-state index in [0.29, 0.717) is 19.7 Å². The molecule has 0 amide bonds. The Morgan fingerprint density at radius 3 is 2.56 bits per heavy atom. The van der Waals surface area contributed by atoms with E-state index in [4.69, 9.17) is 9.47 Å². The zero-order valence-corrected chi connectivity index (χ0v) is 15.2. The maximum atomic E-state index is 5.39. The summed E-state index contributed by atoms with van der Waals surface area (Å²) in [5, 5.41) is 6.63. The topological polar surface area (TPSA) is 54.9 Å². The maximum Gasteiger partial charge on any atom is 0.191 e. The SMILES string of the molecule is CCNC(=NCc1cccc(COC)c1)NCc1ccccc1OC. The van der Waals surface area contributed by atoms with Crippen LogP contribution >= 0.6 is 0 Å². The number of benzene rings is 2. The molecule has 5 nitrogen and oxygen atoms in total. The minimum atomic E-state index is 0.610. The van der Waals surface area contributed by atoms with Crippen molar-refractivity contribution in [2.24, 2.45) is 4.99 Å². The molecule has 0 aromatic heterocycles. The van der Waals surface area contributed by atoms with Crippen LogP contribution in [0, 0.1) is 0 Å². The third kappa shape index (κ3) is 6.12. The van der Waals surface area contributed by atoms with Crippen molar-refractivity contribution in [2.75, 3.05) is 20.8 Å². The fourth-order valence-corrected chi connectivity index (χ4v) is 2.52. The zero-order valence-electron chi connectivity index (χ0n) is 15.2. The van der Waals surface area contributed by atoms with Crippen molar-refractivity contribution in [3.63, 3.8) is 0 Å². The molecular formula is C20H27N3O2. The van der Waals surface area contributed by atoms with Crippen LogP contribution in [-0.2, 0) is 24.4 Å². The van der Waals surface area contributed by atoms with Crippen LogP contribution in [0.5, 0.6) is 5.75 Å². The summed E-state index contributed by atoms with van der Waals surface area (Å²) >= 11 is 0. The number of rotatable bonds is 8. The number of hydrogen-bond acceptors (Lipinski definition) is 3. The van der Waals surface area contributed by atoms with Gasteiger partial charge in [0, 0.05) is 25.8 Å². The van der Waals surface area contributed by atoms with Crippen LogP contribution in [0.2, 0.25) is 0 Å². The van der Waals surface area contributed by atoms with Gasteiger partial charge in [-0.1, -0.05) is 42.5 Å². The molecule has 0 bridgehead atoms. The van der Waals surface area contributed by atoms with Gasteiger partial charge in [-0.25, -0.2) is 4.99 Å². The first kappa shape index (κ1) is 18.8. The molecule has 0 atom stereocenters. The molecule has 2 aromatic carbocycles. The molecule has 0 saturated heterocycles. The number of nitrogens with zero attached hydrogens (tertiary/aromatic N) is 1. The Bertz CT molecular complexity index is 686. The fourth-order valence-electron chi connectivity index (χ4n) is 2.52. The second kappa shape index (κ2) is 10.4. The van der Waals surface area contributed by atoms with E-state index in [0.717, 1.165) is 34.9 Å². The largest absolute Gasteiger partial charge is 0.496 e. The summed E-state index contributed by atoms with van der Waals surface area (Å²) in [7, 11) is 3.39. The van der Waals surface area contributed by atoms with Crippen LogP contribution in [0.1, 0.15) is 23.6 Å². The first-order valence-electron chi connectivity index (χ1n) is 8.47. The average molecular weight is 341 g/mol. The van der Waals surface area contributed by atoms with E-state index in [2.05, 4.69) is 40.7 Å². The van der Waals surface area contributed by atoms with Crippen LogP contribution in [0.4, 0.5) is 0 Å². The Morgan fingerprint density at radius 2 is 1.80 bits per heavy atom. The summed E-state index contributed by atoms with van der Waals surface area (Å²) in [5.74, 6) is 1.66. The summed E-state index contributed by atoms with van der Waals surface area (Å²) in [5.41, 5.74) is 3.41. The van der Waals surface area contributed by atoms with Crippen molar-refractivity contribution in [3.05, 3.63) is 65.2 Å². The van der Waals surface area contributed by atoms with Crippen molar-refractivity contribution >= 4 is 5.96 Å². The van der Waals surface area contributed by atoms with Crippen molar-refractivity contribution in [3.8, 4) is 5.75 Å². The molecular weight excluding hydrogens is 314 g/mol. The third-order valence-corrected chi connectivity index (χ3v) is 3.71. The quantitative estimate of drug-likeness (QED) is 0.572. The van der Waals surface area contributed by atoms with Gasteiger partial charge in [0.25, 0.3) is 0 Å². The lowest BCUT2D eigenvalue weighted by atomic mass is 10.1. The first-order chi connectivity index (χ1) is 12.3. The first-order valence-corrected chi connectivity index (χ1v) is 8.47. The summed E-state index contributed by atoms with van der Waals surface area (Å²) in [6.07, 6.45) is 0. The lowest BCUT2D eigenvalue weighted by Crippen LogP contribution is -2.36. The number of guanidine groups is 1. The van der Waals surface area contributed by atoms with Crippen LogP contribution in [-0.4, -0.2) is 26.7 Å². The molecule has 0 fully saturated rings. The number of ether oxygens (including phenoxy) is 2. The van der Waals surface area contributed by atoms with Crippen molar-refractivity contribution < 1.29 is 9.47 Å². The lowest BCUT2D eigenvalue weighted by molar-refractivity contribution is 0.185. The number of aliphatic imine (C=N–C) groups is 1. The zero-order chi connectivity index (χ0) is 17.9. The third-order valence-electron chi connectivity index (χ3n) is 3.71. The van der Waals surface area contributed by atoms with Gasteiger partial charge in [0.1, 0.15) is 5.75 Å². The molecule has 0 aliphatic rings. The Kier molecular flexibility index (Phi) is 7.79. The van der Waals surface area contributed by atoms with Gasteiger partial charge in [-0.15, -0.1) is 0 Å². The van der Waals surface area contributed by atoms with Crippen LogP contribution in [0.15, 0.2) is 53.5 Å². The molecule has 0 aliphatic carbocycles. The van der Waals surface area contributed by atoms with E-state index in [9.17, 15) is 0 Å². The number of methoxy groups -OCH3 is 2. The van der Waals surface area contributed by atoms with Crippen LogP contribution in [0.3, 0.4) is 0 Å². The van der Waals surface area contributed by atoms with Gasteiger partial charge in [0.05, 0.1) is 20.3 Å². The van der Waals surface area contributed by atoms with E-state index >= 15 is 0 Å².